The molecule has 1 saturated carbocycles. The van der Waals surface area contributed by atoms with E-state index >= 15 is 0 Å². The molecule has 0 radical (unpaired) electrons. The maximum atomic E-state index is 13.4. The quantitative estimate of drug-likeness (QED) is 0.775. The van der Waals surface area contributed by atoms with Gasteiger partial charge in [0.15, 0.2) is 11.6 Å². The molecule has 2 rings (SSSR count). The van der Waals surface area contributed by atoms with Gasteiger partial charge in [0.05, 0.1) is 0 Å². The van der Waals surface area contributed by atoms with Gasteiger partial charge in [0, 0.05) is 12.1 Å². The molecule has 0 saturated heterocycles. The molecule has 1 aromatic rings. The predicted molar refractivity (Wildman–Crippen MR) is 55.3 cm³/mol. The Morgan fingerprint density at radius 1 is 1.12 bits per heavy atom. The number of benzene rings is 1. The molecule has 16 heavy (non-hydrogen) atoms. The molecule has 2 atom stereocenters. The summed E-state index contributed by atoms with van der Waals surface area (Å²) < 4.78 is 39.0. The third-order valence-corrected chi connectivity index (χ3v) is 3.67. The SMILES string of the molecule is CC1(C)[C@H](N)[C@H]1Cc1cc(F)c(F)cc1F. The van der Waals surface area contributed by atoms with Crippen LogP contribution in [0.3, 0.4) is 0 Å². The van der Waals surface area contributed by atoms with Crippen LogP contribution in [0.5, 0.6) is 0 Å². The van der Waals surface area contributed by atoms with E-state index in [1.807, 2.05) is 13.8 Å². The van der Waals surface area contributed by atoms with Gasteiger partial charge in [0.2, 0.25) is 0 Å². The second-order valence-electron chi connectivity index (χ2n) is 5.02. The van der Waals surface area contributed by atoms with Crippen molar-refractivity contribution in [3.05, 3.63) is 35.1 Å². The maximum Gasteiger partial charge on any atom is 0.161 e. The van der Waals surface area contributed by atoms with Crippen molar-refractivity contribution in [1.29, 1.82) is 0 Å². The van der Waals surface area contributed by atoms with Crippen LogP contribution in [0, 0.1) is 28.8 Å². The molecular weight excluding hydrogens is 215 g/mol. The third-order valence-electron chi connectivity index (χ3n) is 3.67. The lowest BCUT2D eigenvalue weighted by molar-refractivity contribution is 0.483. The van der Waals surface area contributed by atoms with Crippen molar-refractivity contribution in [2.45, 2.75) is 26.3 Å². The summed E-state index contributed by atoms with van der Waals surface area (Å²) in [4.78, 5) is 0. The van der Waals surface area contributed by atoms with Gasteiger partial charge in [0.25, 0.3) is 0 Å². The zero-order valence-corrected chi connectivity index (χ0v) is 9.23. The largest absolute Gasteiger partial charge is 0.327 e. The topological polar surface area (TPSA) is 26.0 Å². The highest BCUT2D eigenvalue weighted by molar-refractivity contribution is 5.24. The summed E-state index contributed by atoms with van der Waals surface area (Å²) in [6.45, 7) is 3.97. The van der Waals surface area contributed by atoms with E-state index in [1.165, 1.54) is 0 Å². The molecule has 0 heterocycles. The highest BCUT2D eigenvalue weighted by Crippen LogP contribution is 2.52. The fourth-order valence-corrected chi connectivity index (χ4v) is 2.13. The van der Waals surface area contributed by atoms with Gasteiger partial charge in [0.1, 0.15) is 5.82 Å². The molecule has 1 aromatic carbocycles. The van der Waals surface area contributed by atoms with E-state index in [0.29, 0.717) is 12.5 Å². The lowest BCUT2D eigenvalue weighted by Gasteiger charge is -2.05. The summed E-state index contributed by atoms with van der Waals surface area (Å²) in [6, 6.07) is 1.51. The Bertz CT molecular complexity index is 429. The summed E-state index contributed by atoms with van der Waals surface area (Å²) in [5, 5.41) is 0. The zero-order chi connectivity index (χ0) is 12.1. The van der Waals surface area contributed by atoms with E-state index in [0.717, 1.165) is 6.07 Å². The molecule has 2 N–H and O–H groups in total. The summed E-state index contributed by atoms with van der Waals surface area (Å²) >= 11 is 0. The molecule has 4 heteroatoms. The molecule has 0 amide bonds. The van der Waals surface area contributed by atoms with Crippen molar-refractivity contribution < 1.29 is 13.2 Å². The second-order valence-corrected chi connectivity index (χ2v) is 5.02. The maximum absolute atomic E-state index is 13.4. The summed E-state index contributed by atoms with van der Waals surface area (Å²) in [5.74, 6) is -2.73. The van der Waals surface area contributed by atoms with Gasteiger partial charge in [-0.1, -0.05) is 13.8 Å². The van der Waals surface area contributed by atoms with E-state index in [1.54, 1.807) is 0 Å². The van der Waals surface area contributed by atoms with Crippen LogP contribution in [0.25, 0.3) is 0 Å². The van der Waals surface area contributed by atoms with Crippen LogP contribution < -0.4 is 5.73 Å². The van der Waals surface area contributed by atoms with Crippen LogP contribution in [0.4, 0.5) is 13.2 Å². The Balaban J connectivity index is 2.20. The lowest BCUT2D eigenvalue weighted by Crippen LogP contribution is -2.07. The molecule has 0 unspecified atom stereocenters. The second kappa shape index (κ2) is 3.48. The summed E-state index contributed by atoms with van der Waals surface area (Å²) in [6.07, 6.45) is 0.358. The Kier molecular flexibility index (Phi) is 2.49. The minimum absolute atomic E-state index is 0.0000132. The van der Waals surface area contributed by atoms with Gasteiger partial charge >= 0.3 is 0 Å². The first-order chi connectivity index (χ1) is 7.34. The fourth-order valence-electron chi connectivity index (χ4n) is 2.13. The molecule has 1 fully saturated rings. The first-order valence-corrected chi connectivity index (χ1v) is 5.23. The average Bonchev–Trinajstić information content (AvgIpc) is 2.64. The first kappa shape index (κ1) is 11.5. The molecular formula is C12H14F3N. The number of halogens is 3. The monoisotopic (exact) mass is 229 g/mol. The number of rotatable bonds is 2. The average molecular weight is 229 g/mol. The summed E-state index contributed by atoms with van der Waals surface area (Å²) in [7, 11) is 0. The van der Waals surface area contributed by atoms with Crippen LogP contribution in [0.15, 0.2) is 12.1 Å². The summed E-state index contributed by atoms with van der Waals surface area (Å²) in [5.41, 5.74) is 5.97. The van der Waals surface area contributed by atoms with Gasteiger partial charge in [-0.3, -0.25) is 0 Å². The van der Waals surface area contributed by atoms with E-state index in [2.05, 4.69) is 0 Å². The van der Waals surface area contributed by atoms with E-state index in [4.69, 9.17) is 5.73 Å². The zero-order valence-electron chi connectivity index (χ0n) is 9.23. The van der Waals surface area contributed by atoms with Gasteiger partial charge in [-0.25, -0.2) is 13.2 Å². The first-order valence-electron chi connectivity index (χ1n) is 5.23. The fraction of sp³-hybridized carbons (Fsp3) is 0.500. The normalized spacial score (nSPS) is 26.9. The number of hydrogen-bond acceptors (Lipinski definition) is 1. The van der Waals surface area contributed by atoms with Gasteiger partial charge < -0.3 is 5.73 Å². The van der Waals surface area contributed by atoms with E-state index < -0.39 is 17.5 Å². The minimum atomic E-state index is -1.15. The molecule has 0 bridgehead atoms. The van der Waals surface area contributed by atoms with Crippen LogP contribution in [0.1, 0.15) is 19.4 Å². The highest BCUT2D eigenvalue weighted by Gasteiger charge is 2.55. The van der Waals surface area contributed by atoms with Crippen molar-refractivity contribution in [1.82, 2.24) is 0 Å². The van der Waals surface area contributed by atoms with Gasteiger partial charge in [-0.2, -0.15) is 0 Å². The van der Waals surface area contributed by atoms with Crippen molar-refractivity contribution in [2.24, 2.45) is 17.1 Å². The van der Waals surface area contributed by atoms with Crippen LogP contribution in [-0.2, 0) is 6.42 Å². The van der Waals surface area contributed by atoms with Gasteiger partial charge in [-0.15, -0.1) is 0 Å². The molecule has 1 aliphatic carbocycles. The molecule has 88 valence electrons. The van der Waals surface area contributed by atoms with Crippen molar-refractivity contribution in [3.63, 3.8) is 0 Å². The predicted octanol–water partition coefficient (Wildman–Crippen LogP) is 2.63. The highest BCUT2D eigenvalue weighted by atomic mass is 19.2. The van der Waals surface area contributed by atoms with Crippen LogP contribution >= 0.6 is 0 Å². The molecule has 0 aromatic heterocycles. The third kappa shape index (κ3) is 1.71. The van der Waals surface area contributed by atoms with E-state index in [-0.39, 0.29) is 22.9 Å². The molecule has 1 aliphatic rings. The number of nitrogens with two attached hydrogens (primary N) is 1. The molecule has 1 nitrogen and oxygen atoms in total. The Morgan fingerprint density at radius 3 is 2.12 bits per heavy atom. The van der Waals surface area contributed by atoms with E-state index in [9.17, 15) is 13.2 Å². The number of hydrogen-bond donors (Lipinski definition) is 1. The smallest absolute Gasteiger partial charge is 0.161 e. The van der Waals surface area contributed by atoms with Crippen molar-refractivity contribution >= 4 is 0 Å². The van der Waals surface area contributed by atoms with Crippen LogP contribution in [0.2, 0.25) is 0 Å². The Morgan fingerprint density at radius 2 is 1.62 bits per heavy atom. The Hall–Kier alpha value is -1.03. The molecule has 0 aliphatic heterocycles. The lowest BCUT2D eigenvalue weighted by atomic mass is 10.0. The van der Waals surface area contributed by atoms with Crippen molar-refractivity contribution in [2.75, 3.05) is 0 Å². The standard InChI is InChI=1S/C12H14F3N/c1-12(2)7(11(12)16)3-6-4-9(14)10(15)5-8(6)13/h4-5,7,11H,3,16H2,1-2H3/t7-,11-/m1/s1. The molecule has 0 spiro atoms. The Labute approximate surface area is 92.5 Å². The van der Waals surface area contributed by atoms with Crippen molar-refractivity contribution in [3.8, 4) is 0 Å². The van der Waals surface area contributed by atoms with Crippen LogP contribution in [-0.4, -0.2) is 6.04 Å². The van der Waals surface area contributed by atoms with Gasteiger partial charge in [-0.05, 0) is 29.4 Å². The minimum Gasteiger partial charge on any atom is -0.327 e.